The lowest BCUT2D eigenvalue weighted by molar-refractivity contribution is 0.350. The highest BCUT2D eigenvalue weighted by Crippen LogP contribution is 2.51. The predicted molar refractivity (Wildman–Crippen MR) is 43.0 cm³/mol. The molecule has 2 bridgehead atoms. The van der Waals surface area contributed by atoms with E-state index >= 15 is 0 Å². The molecule has 0 aromatic rings. The van der Waals surface area contributed by atoms with E-state index in [0.29, 0.717) is 0 Å². The lowest BCUT2D eigenvalue weighted by atomic mass is 9.81. The van der Waals surface area contributed by atoms with Crippen molar-refractivity contribution in [3.05, 3.63) is 5.66 Å². The Kier molecular flexibility index (Phi) is 1.77. The third kappa shape index (κ3) is 1.29. The minimum atomic E-state index is 1.13. The van der Waals surface area contributed by atoms with Gasteiger partial charge in [-0.15, -0.1) is 8.58 Å². The predicted octanol–water partition coefficient (Wildman–Crippen LogP) is 2.79. The fraction of sp³-hybridized carbons (Fsp3) is 0.875. The molecule has 0 spiro atoms. The van der Waals surface area contributed by atoms with Crippen molar-refractivity contribution in [2.45, 2.75) is 32.1 Å². The molecule has 0 aromatic carbocycles. The van der Waals surface area contributed by atoms with E-state index in [0.717, 1.165) is 5.92 Å². The smallest absolute Gasteiger partial charge is 0.00232 e. The Labute approximate surface area is 59.2 Å². The van der Waals surface area contributed by atoms with Gasteiger partial charge in [0.2, 0.25) is 0 Å². The zero-order chi connectivity index (χ0) is 6.10. The molecule has 51 valence electrons. The van der Waals surface area contributed by atoms with Gasteiger partial charge in [-0.2, -0.15) is 0 Å². The molecule has 0 N–H and O–H groups in total. The summed E-state index contributed by atoms with van der Waals surface area (Å²) in [7, 11) is 1.25. The van der Waals surface area contributed by atoms with Crippen molar-refractivity contribution in [3.8, 4) is 0 Å². The van der Waals surface area contributed by atoms with Crippen molar-refractivity contribution < 1.29 is 0 Å². The Balaban J connectivity index is 1.85. The van der Waals surface area contributed by atoms with Crippen molar-refractivity contribution in [2.75, 3.05) is 6.16 Å². The number of hydrogen-bond acceptors (Lipinski definition) is 0. The van der Waals surface area contributed by atoms with Gasteiger partial charge in [0.25, 0.3) is 0 Å². The van der Waals surface area contributed by atoms with Crippen molar-refractivity contribution in [1.82, 2.24) is 0 Å². The van der Waals surface area contributed by atoms with Gasteiger partial charge in [0.15, 0.2) is 0 Å². The second kappa shape index (κ2) is 2.58. The molecule has 1 aliphatic carbocycles. The number of hydrogen-bond donors (Lipinski definition) is 0. The van der Waals surface area contributed by atoms with Gasteiger partial charge in [-0.3, -0.25) is 0 Å². The molecule has 0 amide bonds. The highest BCUT2D eigenvalue weighted by Gasteiger charge is 2.29. The van der Waals surface area contributed by atoms with Crippen molar-refractivity contribution >= 4 is 8.58 Å². The summed E-state index contributed by atoms with van der Waals surface area (Å²) in [5.74, 6) is 1.13. The van der Waals surface area contributed by atoms with Crippen LogP contribution in [0.3, 0.4) is 0 Å². The largest absolute Gasteiger partial charge is 0.115 e. The average Bonchev–Trinajstić information content (AvgIpc) is 1.54. The van der Waals surface area contributed by atoms with Crippen LogP contribution in [-0.4, -0.2) is 6.16 Å². The maximum absolute atomic E-state index is 1.90. The molecular formula is C8H14P. The van der Waals surface area contributed by atoms with Crippen molar-refractivity contribution in [1.29, 1.82) is 0 Å². The van der Waals surface area contributed by atoms with E-state index in [1.165, 1.54) is 46.8 Å². The monoisotopic (exact) mass is 141 g/mol. The molecule has 1 atom stereocenters. The zero-order valence-electron chi connectivity index (χ0n) is 5.82. The van der Waals surface area contributed by atoms with E-state index < -0.39 is 0 Å². The summed E-state index contributed by atoms with van der Waals surface area (Å²) in [5.41, 5.74) is 1.90. The first-order valence-electron chi connectivity index (χ1n) is 4.04. The summed E-state index contributed by atoms with van der Waals surface area (Å²) in [4.78, 5) is 0. The zero-order valence-corrected chi connectivity index (χ0v) is 6.82. The van der Waals surface area contributed by atoms with Gasteiger partial charge in [0.05, 0.1) is 0 Å². The first-order chi connectivity index (χ1) is 4.45. The van der Waals surface area contributed by atoms with Crippen LogP contribution in [0.2, 0.25) is 0 Å². The lowest BCUT2D eigenvalue weighted by Crippen LogP contribution is -2.20. The summed E-state index contributed by atoms with van der Waals surface area (Å²) < 4.78 is 0. The molecule has 0 aromatic heterocycles. The number of rotatable bonds is 0. The van der Waals surface area contributed by atoms with Crippen LogP contribution in [0.4, 0.5) is 0 Å². The van der Waals surface area contributed by atoms with Crippen LogP contribution in [-0.2, 0) is 0 Å². The van der Waals surface area contributed by atoms with E-state index in [4.69, 9.17) is 0 Å². The molecule has 1 unspecified atom stereocenters. The number of fused-ring (bicyclic) bond motifs is 4. The molecule has 9 heavy (non-hydrogen) atoms. The third-order valence-electron chi connectivity index (χ3n) is 2.48. The second-order valence-electron chi connectivity index (χ2n) is 3.30. The summed E-state index contributed by atoms with van der Waals surface area (Å²) in [6.45, 7) is 0. The Hall–Kier alpha value is 0.430. The van der Waals surface area contributed by atoms with Gasteiger partial charge in [-0.1, -0.05) is 12.8 Å². The molecule has 3 rings (SSSR count). The molecule has 3 fully saturated rings. The molecule has 0 nitrogen and oxygen atoms in total. The van der Waals surface area contributed by atoms with Crippen LogP contribution in [0.5, 0.6) is 0 Å². The molecule has 1 heteroatoms. The van der Waals surface area contributed by atoms with Gasteiger partial charge >= 0.3 is 0 Å². The highest BCUT2D eigenvalue weighted by atomic mass is 31.1. The van der Waals surface area contributed by atoms with E-state index in [2.05, 4.69) is 0 Å². The molecule has 2 aliphatic heterocycles. The quantitative estimate of drug-likeness (QED) is 0.455. The first-order valence-corrected chi connectivity index (χ1v) is 5.24. The summed E-state index contributed by atoms with van der Waals surface area (Å²) in [5, 5.41) is 0. The average molecular weight is 141 g/mol. The minimum absolute atomic E-state index is 1.13. The second-order valence-corrected chi connectivity index (χ2v) is 4.86. The van der Waals surface area contributed by atoms with Crippen LogP contribution < -0.4 is 0 Å². The van der Waals surface area contributed by atoms with Gasteiger partial charge in [-0.05, 0) is 37.0 Å². The third-order valence-corrected chi connectivity index (χ3v) is 4.00. The van der Waals surface area contributed by atoms with E-state index in [-0.39, 0.29) is 0 Å². The summed E-state index contributed by atoms with van der Waals surface area (Å²) >= 11 is 0. The molecule has 1 radical (unpaired) electrons. The van der Waals surface area contributed by atoms with Gasteiger partial charge in [-0.25, -0.2) is 0 Å². The van der Waals surface area contributed by atoms with Crippen LogP contribution in [0.15, 0.2) is 0 Å². The van der Waals surface area contributed by atoms with E-state index in [1.54, 1.807) is 0 Å². The Morgan fingerprint density at radius 2 is 2.11 bits per heavy atom. The van der Waals surface area contributed by atoms with Gasteiger partial charge in [0, 0.05) is 0 Å². The van der Waals surface area contributed by atoms with Gasteiger partial charge < -0.3 is 0 Å². The highest BCUT2D eigenvalue weighted by molar-refractivity contribution is 7.41. The van der Waals surface area contributed by atoms with Crippen molar-refractivity contribution in [2.24, 2.45) is 5.92 Å². The Morgan fingerprint density at radius 1 is 1.22 bits per heavy atom. The SMILES string of the molecule is C1CCC2C[C](C2)PC1. The minimum Gasteiger partial charge on any atom is -0.115 e. The van der Waals surface area contributed by atoms with Gasteiger partial charge in [0.1, 0.15) is 0 Å². The maximum Gasteiger partial charge on any atom is -0.00232 e. The fourth-order valence-electron chi connectivity index (χ4n) is 1.81. The van der Waals surface area contributed by atoms with Crippen molar-refractivity contribution in [3.63, 3.8) is 0 Å². The topological polar surface area (TPSA) is 0 Å². The molecule has 1 saturated carbocycles. The Bertz CT molecular complexity index is 79.2. The molecule has 2 heterocycles. The normalized spacial score (nSPS) is 39.3. The van der Waals surface area contributed by atoms with Crippen LogP contribution in [0, 0.1) is 11.6 Å². The Morgan fingerprint density at radius 3 is 3.00 bits per heavy atom. The molecule has 3 aliphatic rings. The fourth-order valence-corrected chi connectivity index (χ4v) is 3.46. The summed E-state index contributed by atoms with van der Waals surface area (Å²) in [6.07, 6.45) is 9.11. The molecule has 2 saturated heterocycles. The van der Waals surface area contributed by atoms with E-state index in [1.807, 2.05) is 5.66 Å². The van der Waals surface area contributed by atoms with Crippen LogP contribution >= 0.6 is 8.58 Å². The van der Waals surface area contributed by atoms with Crippen LogP contribution in [0.25, 0.3) is 0 Å². The first kappa shape index (κ1) is 6.16. The summed E-state index contributed by atoms with van der Waals surface area (Å²) in [6, 6.07) is 0. The van der Waals surface area contributed by atoms with E-state index in [9.17, 15) is 0 Å². The lowest BCUT2D eigenvalue weighted by Gasteiger charge is -2.36. The van der Waals surface area contributed by atoms with Crippen LogP contribution in [0.1, 0.15) is 32.1 Å². The molecular weight excluding hydrogens is 127 g/mol. The standard InChI is InChI=1S/C8H14P/c1-2-4-9-8-5-7(3-1)6-8/h7,9H,1-6H2. The maximum atomic E-state index is 1.90.